The fourth-order valence-electron chi connectivity index (χ4n) is 3.62. The Balaban J connectivity index is 1.60. The molecule has 6 heteroatoms. The van der Waals surface area contributed by atoms with Crippen LogP contribution in [0, 0.1) is 25.1 Å². The standard InChI is InChI=1S/C23H28FN3O2/c1-16-5-10-20(13-17(16)2)26-22(29)27-12-4-11-23(3,15-27)21(28)25-14-18-6-8-19(24)9-7-18/h5-10,13H,4,11-12,14-15H2,1-3H3,(H,25,28)(H,26,29). The van der Waals surface area contributed by atoms with Crippen molar-refractivity contribution in [3.8, 4) is 0 Å². The molecule has 1 saturated heterocycles. The van der Waals surface area contributed by atoms with Gasteiger partial charge in [-0.1, -0.05) is 18.2 Å². The highest BCUT2D eigenvalue weighted by Crippen LogP contribution is 2.30. The number of nitrogens with one attached hydrogen (secondary N) is 2. The molecular weight excluding hydrogens is 369 g/mol. The molecule has 0 aliphatic carbocycles. The van der Waals surface area contributed by atoms with Gasteiger partial charge in [0, 0.05) is 25.3 Å². The third-order valence-corrected chi connectivity index (χ3v) is 5.66. The molecule has 0 saturated carbocycles. The van der Waals surface area contributed by atoms with E-state index in [4.69, 9.17) is 0 Å². The second-order valence-electron chi connectivity index (χ2n) is 8.12. The van der Waals surface area contributed by atoms with Crippen LogP contribution in [-0.4, -0.2) is 29.9 Å². The van der Waals surface area contributed by atoms with E-state index in [9.17, 15) is 14.0 Å². The summed E-state index contributed by atoms with van der Waals surface area (Å²) in [7, 11) is 0. The van der Waals surface area contributed by atoms with Crippen LogP contribution in [0.2, 0.25) is 0 Å². The van der Waals surface area contributed by atoms with Crippen molar-refractivity contribution in [1.82, 2.24) is 10.2 Å². The van der Waals surface area contributed by atoms with Crippen LogP contribution in [-0.2, 0) is 11.3 Å². The van der Waals surface area contributed by atoms with Gasteiger partial charge in [0.25, 0.3) is 0 Å². The Morgan fingerprint density at radius 3 is 2.52 bits per heavy atom. The third-order valence-electron chi connectivity index (χ3n) is 5.66. The zero-order chi connectivity index (χ0) is 21.0. The quantitative estimate of drug-likeness (QED) is 0.804. The SMILES string of the molecule is Cc1ccc(NC(=O)N2CCCC(C)(C(=O)NCc3ccc(F)cc3)C2)cc1C. The van der Waals surface area contributed by atoms with Crippen LogP contribution >= 0.6 is 0 Å². The molecule has 0 aromatic heterocycles. The van der Waals surface area contributed by atoms with Crippen molar-refractivity contribution >= 4 is 17.6 Å². The zero-order valence-corrected chi connectivity index (χ0v) is 17.2. The first-order valence-electron chi connectivity index (χ1n) is 9.93. The van der Waals surface area contributed by atoms with E-state index in [-0.39, 0.29) is 17.8 Å². The van der Waals surface area contributed by atoms with Gasteiger partial charge in [-0.25, -0.2) is 9.18 Å². The molecule has 154 valence electrons. The predicted octanol–water partition coefficient (Wildman–Crippen LogP) is 4.39. The number of halogens is 1. The highest BCUT2D eigenvalue weighted by atomic mass is 19.1. The summed E-state index contributed by atoms with van der Waals surface area (Å²) in [5.74, 6) is -0.393. The van der Waals surface area contributed by atoms with Gasteiger partial charge in [-0.05, 0) is 74.6 Å². The van der Waals surface area contributed by atoms with Gasteiger partial charge in [0.2, 0.25) is 5.91 Å². The molecule has 2 aromatic carbocycles. The smallest absolute Gasteiger partial charge is 0.321 e. The molecule has 5 nitrogen and oxygen atoms in total. The minimum atomic E-state index is -0.654. The lowest BCUT2D eigenvalue weighted by Gasteiger charge is -2.39. The van der Waals surface area contributed by atoms with E-state index >= 15 is 0 Å². The van der Waals surface area contributed by atoms with Gasteiger partial charge in [-0.2, -0.15) is 0 Å². The number of carbonyl (C=O) groups is 2. The molecular formula is C23H28FN3O2. The molecule has 2 N–H and O–H groups in total. The molecule has 0 spiro atoms. The van der Waals surface area contributed by atoms with Crippen molar-refractivity contribution in [2.24, 2.45) is 5.41 Å². The van der Waals surface area contributed by atoms with Crippen molar-refractivity contribution in [3.63, 3.8) is 0 Å². The van der Waals surface area contributed by atoms with Crippen LogP contribution in [0.25, 0.3) is 0 Å². The summed E-state index contributed by atoms with van der Waals surface area (Å²) in [5, 5.41) is 5.87. The maximum atomic E-state index is 13.0. The number of hydrogen-bond acceptors (Lipinski definition) is 2. The number of piperidine rings is 1. The van der Waals surface area contributed by atoms with E-state index in [0.29, 0.717) is 19.6 Å². The van der Waals surface area contributed by atoms with E-state index in [1.54, 1.807) is 17.0 Å². The average Bonchev–Trinajstić information content (AvgIpc) is 2.70. The first-order chi connectivity index (χ1) is 13.8. The van der Waals surface area contributed by atoms with Gasteiger partial charge in [-0.3, -0.25) is 4.79 Å². The van der Waals surface area contributed by atoms with Crippen molar-refractivity contribution in [1.29, 1.82) is 0 Å². The summed E-state index contributed by atoms with van der Waals surface area (Å²) < 4.78 is 13.0. The molecule has 1 unspecified atom stereocenters. The van der Waals surface area contributed by atoms with Crippen LogP contribution in [0.15, 0.2) is 42.5 Å². The van der Waals surface area contributed by atoms with Gasteiger partial charge >= 0.3 is 6.03 Å². The number of aryl methyl sites for hydroxylation is 2. The number of urea groups is 1. The van der Waals surface area contributed by atoms with Gasteiger partial charge in [0.1, 0.15) is 5.82 Å². The van der Waals surface area contributed by atoms with E-state index in [1.165, 1.54) is 17.7 Å². The first-order valence-corrected chi connectivity index (χ1v) is 9.93. The summed E-state index contributed by atoms with van der Waals surface area (Å²) in [4.78, 5) is 27.3. The fourth-order valence-corrected chi connectivity index (χ4v) is 3.62. The molecule has 1 atom stereocenters. The molecule has 1 aliphatic rings. The largest absolute Gasteiger partial charge is 0.351 e. The lowest BCUT2D eigenvalue weighted by atomic mass is 9.81. The number of nitrogens with zero attached hydrogens (tertiary/aromatic N) is 1. The van der Waals surface area contributed by atoms with Crippen molar-refractivity contribution in [2.75, 3.05) is 18.4 Å². The first kappa shape index (κ1) is 20.8. The highest BCUT2D eigenvalue weighted by Gasteiger charge is 2.39. The summed E-state index contributed by atoms with van der Waals surface area (Å²) >= 11 is 0. The Bertz CT molecular complexity index is 897. The normalized spacial score (nSPS) is 19.0. The Hall–Kier alpha value is -2.89. The van der Waals surface area contributed by atoms with E-state index in [0.717, 1.165) is 29.7 Å². The number of anilines is 1. The number of amides is 3. The van der Waals surface area contributed by atoms with Crippen molar-refractivity contribution in [3.05, 3.63) is 65.0 Å². The lowest BCUT2D eigenvalue weighted by molar-refractivity contribution is -0.132. The predicted molar refractivity (Wildman–Crippen MR) is 112 cm³/mol. The molecule has 1 aliphatic heterocycles. The minimum Gasteiger partial charge on any atom is -0.351 e. The van der Waals surface area contributed by atoms with Gasteiger partial charge in [0.15, 0.2) is 0 Å². The molecule has 3 rings (SSSR count). The van der Waals surface area contributed by atoms with Crippen LogP contribution in [0.4, 0.5) is 14.9 Å². The molecule has 1 heterocycles. The molecule has 29 heavy (non-hydrogen) atoms. The van der Waals surface area contributed by atoms with E-state index in [1.807, 2.05) is 39.0 Å². The maximum absolute atomic E-state index is 13.0. The zero-order valence-electron chi connectivity index (χ0n) is 17.2. The Morgan fingerprint density at radius 2 is 1.83 bits per heavy atom. The van der Waals surface area contributed by atoms with Crippen LogP contribution < -0.4 is 10.6 Å². The second kappa shape index (κ2) is 8.64. The maximum Gasteiger partial charge on any atom is 0.321 e. The summed E-state index contributed by atoms with van der Waals surface area (Å²) in [5.41, 5.74) is 3.23. The molecule has 2 aromatic rings. The number of carbonyl (C=O) groups excluding carboxylic acids is 2. The molecule has 3 amide bonds. The Kier molecular flexibility index (Phi) is 6.20. The number of rotatable bonds is 4. The summed E-state index contributed by atoms with van der Waals surface area (Å²) in [6, 6.07) is 11.7. The Labute approximate surface area is 171 Å². The van der Waals surface area contributed by atoms with Crippen molar-refractivity contribution in [2.45, 2.75) is 40.2 Å². The van der Waals surface area contributed by atoms with Gasteiger partial charge in [0.05, 0.1) is 5.41 Å². The molecule has 0 radical (unpaired) electrons. The monoisotopic (exact) mass is 397 g/mol. The third kappa shape index (κ3) is 5.13. The lowest BCUT2D eigenvalue weighted by Crippen LogP contribution is -2.52. The molecule has 0 bridgehead atoms. The van der Waals surface area contributed by atoms with Crippen molar-refractivity contribution < 1.29 is 14.0 Å². The topological polar surface area (TPSA) is 61.4 Å². The fraction of sp³-hybridized carbons (Fsp3) is 0.391. The van der Waals surface area contributed by atoms with Crippen LogP contribution in [0.1, 0.15) is 36.5 Å². The Morgan fingerprint density at radius 1 is 1.10 bits per heavy atom. The number of likely N-dealkylation sites (tertiary alicyclic amines) is 1. The van der Waals surface area contributed by atoms with Gasteiger partial charge in [-0.15, -0.1) is 0 Å². The summed E-state index contributed by atoms with van der Waals surface area (Å²) in [6.45, 7) is 7.25. The molecule has 1 fully saturated rings. The van der Waals surface area contributed by atoms with E-state index in [2.05, 4.69) is 10.6 Å². The highest BCUT2D eigenvalue weighted by molar-refractivity contribution is 5.90. The summed E-state index contributed by atoms with van der Waals surface area (Å²) in [6.07, 6.45) is 1.48. The number of hydrogen-bond donors (Lipinski definition) is 2. The second-order valence-corrected chi connectivity index (χ2v) is 8.12. The van der Waals surface area contributed by atoms with Crippen LogP contribution in [0.3, 0.4) is 0 Å². The minimum absolute atomic E-state index is 0.0921. The van der Waals surface area contributed by atoms with Gasteiger partial charge < -0.3 is 15.5 Å². The average molecular weight is 397 g/mol. The number of benzene rings is 2. The van der Waals surface area contributed by atoms with Crippen LogP contribution in [0.5, 0.6) is 0 Å². The van der Waals surface area contributed by atoms with E-state index < -0.39 is 5.41 Å².